The Hall–Kier alpha value is -1.19. The number of rotatable bonds is 4. The second-order valence-electron chi connectivity index (χ2n) is 5.52. The number of halogens is 2. The van der Waals surface area contributed by atoms with Gasteiger partial charge < -0.3 is 5.32 Å². The van der Waals surface area contributed by atoms with E-state index in [2.05, 4.69) is 47.2 Å². The van der Waals surface area contributed by atoms with Gasteiger partial charge in [0.25, 0.3) is 0 Å². The third-order valence-corrected chi connectivity index (χ3v) is 4.04. The molecule has 0 amide bonds. The van der Waals surface area contributed by atoms with E-state index in [0.717, 1.165) is 4.47 Å². The van der Waals surface area contributed by atoms with Crippen molar-refractivity contribution in [2.24, 2.45) is 0 Å². The Morgan fingerprint density at radius 3 is 2.25 bits per heavy atom. The summed E-state index contributed by atoms with van der Waals surface area (Å²) in [5, 5.41) is 3.49. The molecule has 0 fully saturated rings. The molecule has 0 bridgehead atoms. The predicted octanol–water partition coefficient (Wildman–Crippen LogP) is 5.17. The van der Waals surface area contributed by atoms with E-state index in [0.29, 0.717) is 5.56 Å². The summed E-state index contributed by atoms with van der Waals surface area (Å²) in [5.41, 5.74) is 1.63. The first-order valence-electron chi connectivity index (χ1n) is 6.68. The zero-order valence-corrected chi connectivity index (χ0v) is 13.5. The molecule has 0 saturated heterocycles. The first kappa shape index (κ1) is 15.2. The minimum absolute atomic E-state index is 0.0603. The topological polar surface area (TPSA) is 12.0 Å². The molecule has 20 heavy (non-hydrogen) atoms. The Bertz CT molecular complexity index is 578. The minimum atomic E-state index is -0.234. The van der Waals surface area contributed by atoms with E-state index in [1.807, 2.05) is 31.2 Å². The van der Waals surface area contributed by atoms with Crippen molar-refractivity contribution < 1.29 is 4.39 Å². The highest BCUT2D eigenvalue weighted by atomic mass is 79.9. The lowest BCUT2D eigenvalue weighted by atomic mass is 9.92. The van der Waals surface area contributed by atoms with E-state index in [9.17, 15) is 4.39 Å². The Kier molecular flexibility index (Phi) is 4.61. The molecule has 0 aliphatic rings. The van der Waals surface area contributed by atoms with Crippen molar-refractivity contribution in [1.29, 1.82) is 0 Å². The van der Waals surface area contributed by atoms with Crippen LogP contribution in [0.5, 0.6) is 0 Å². The smallest absolute Gasteiger partial charge is 0.127 e. The molecule has 0 saturated carbocycles. The molecular formula is C17H19BrFN. The Balaban J connectivity index is 2.19. The Labute approximate surface area is 128 Å². The molecule has 2 aromatic carbocycles. The molecule has 0 aliphatic heterocycles. The zero-order chi connectivity index (χ0) is 14.8. The van der Waals surface area contributed by atoms with Gasteiger partial charge in [-0.05, 0) is 44.5 Å². The molecule has 2 aromatic rings. The normalized spacial score (nSPS) is 13.2. The molecule has 0 heterocycles. The van der Waals surface area contributed by atoms with E-state index in [1.54, 1.807) is 6.07 Å². The summed E-state index contributed by atoms with van der Waals surface area (Å²) in [4.78, 5) is 0. The molecule has 3 heteroatoms. The minimum Gasteiger partial charge on any atom is -0.301 e. The number of hydrogen-bond acceptors (Lipinski definition) is 1. The number of benzene rings is 2. The second kappa shape index (κ2) is 6.06. The van der Waals surface area contributed by atoms with Gasteiger partial charge in [-0.25, -0.2) is 4.39 Å². The van der Waals surface area contributed by atoms with Crippen LogP contribution in [0.1, 0.15) is 37.9 Å². The molecule has 1 nitrogen and oxygen atoms in total. The molecule has 1 atom stereocenters. The third kappa shape index (κ3) is 3.47. The summed E-state index contributed by atoms with van der Waals surface area (Å²) in [7, 11) is 0. The van der Waals surface area contributed by atoms with Crippen molar-refractivity contribution in [3.8, 4) is 0 Å². The van der Waals surface area contributed by atoms with Gasteiger partial charge in [0.2, 0.25) is 0 Å². The van der Waals surface area contributed by atoms with Gasteiger partial charge in [-0.15, -0.1) is 0 Å². The van der Waals surface area contributed by atoms with Crippen molar-refractivity contribution in [3.63, 3.8) is 0 Å². The predicted molar refractivity (Wildman–Crippen MR) is 85.1 cm³/mol. The van der Waals surface area contributed by atoms with E-state index < -0.39 is 0 Å². The van der Waals surface area contributed by atoms with E-state index in [1.165, 1.54) is 11.6 Å². The monoisotopic (exact) mass is 335 g/mol. The fourth-order valence-electron chi connectivity index (χ4n) is 2.40. The number of nitrogens with one attached hydrogen (secondary N) is 1. The van der Waals surface area contributed by atoms with Crippen LogP contribution >= 0.6 is 15.9 Å². The average molecular weight is 336 g/mol. The summed E-state index contributed by atoms with van der Waals surface area (Å²) >= 11 is 3.44. The van der Waals surface area contributed by atoms with E-state index >= 15 is 0 Å². The molecule has 2 rings (SSSR count). The molecule has 0 aliphatic carbocycles. The van der Waals surface area contributed by atoms with Gasteiger partial charge >= 0.3 is 0 Å². The van der Waals surface area contributed by atoms with Gasteiger partial charge in [0.05, 0.1) is 0 Å². The van der Waals surface area contributed by atoms with Crippen LogP contribution < -0.4 is 5.32 Å². The van der Waals surface area contributed by atoms with Crippen LogP contribution in [0.15, 0.2) is 53.0 Å². The van der Waals surface area contributed by atoms with Gasteiger partial charge in [0, 0.05) is 21.6 Å². The molecular weight excluding hydrogens is 317 g/mol. The van der Waals surface area contributed by atoms with Crippen molar-refractivity contribution in [2.45, 2.75) is 32.4 Å². The fraction of sp³-hybridized carbons (Fsp3) is 0.294. The highest BCUT2D eigenvalue weighted by molar-refractivity contribution is 9.10. The summed E-state index contributed by atoms with van der Waals surface area (Å²) < 4.78 is 14.9. The van der Waals surface area contributed by atoms with E-state index in [-0.39, 0.29) is 17.4 Å². The summed E-state index contributed by atoms with van der Waals surface area (Å²) in [6.45, 7) is 6.19. The van der Waals surface area contributed by atoms with E-state index in [4.69, 9.17) is 0 Å². The lowest BCUT2D eigenvalue weighted by molar-refractivity contribution is 0.352. The first-order valence-corrected chi connectivity index (χ1v) is 7.47. The van der Waals surface area contributed by atoms with Crippen molar-refractivity contribution in [1.82, 2.24) is 5.32 Å². The Morgan fingerprint density at radius 1 is 1.05 bits per heavy atom. The summed E-state index contributed by atoms with van der Waals surface area (Å²) in [5.74, 6) is -0.167. The van der Waals surface area contributed by atoms with Gasteiger partial charge in [0.15, 0.2) is 0 Å². The zero-order valence-electron chi connectivity index (χ0n) is 12.0. The van der Waals surface area contributed by atoms with Gasteiger partial charge in [-0.1, -0.05) is 46.3 Å². The summed E-state index contributed by atoms with van der Waals surface area (Å²) in [6.07, 6.45) is 0. The standard InChI is InChI=1S/C17H19BrFN/c1-12(15-6-4-5-7-16(15)19)20-17(2,3)13-8-10-14(18)11-9-13/h4-12,20H,1-3H3. The molecule has 0 radical (unpaired) electrons. The van der Waals surface area contributed by atoms with Crippen LogP contribution in [-0.4, -0.2) is 0 Å². The van der Waals surface area contributed by atoms with Crippen LogP contribution in [0.2, 0.25) is 0 Å². The highest BCUT2D eigenvalue weighted by Gasteiger charge is 2.23. The fourth-order valence-corrected chi connectivity index (χ4v) is 2.66. The van der Waals surface area contributed by atoms with Gasteiger partial charge in [-0.3, -0.25) is 0 Å². The van der Waals surface area contributed by atoms with Crippen molar-refractivity contribution in [2.75, 3.05) is 0 Å². The van der Waals surface area contributed by atoms with Crippen LogP contribution in [0, 0.1) is 5.82 Å². The summed E-state index contributed by atoms with van der Waals surface area (Å²) in [6, 6.07) is 15.0. The van der Waals surface area contributed by atoms with Crippen LogP contribution in [0.4, 0.5) is 4.39 Å². The lowest BCUT2D eigenvalue weighted by Gasteiger charge is -2.31. The largest absolute Gasteiger partial charge is 0.301 e. The van der Waals surface area contributed by atoms with Crippen LogP contribution in [0.3, 0.4) is 0 Å². The molecule has 1 N–H and O–H groups in total. The number of hydrogen-bond donors (Lipinski definition) is 1. The third-order valence-electron chi connectivity index (χ3n) is 3.51. The molecule has 0 aromatic heterocycles. The van der Waals surface area contributed by atoms with Crippen LogP contribution in [0.25, 0.3) is 0 Å². The van der Waals surface area contributed by atoms with Crippen molar-refractivity contribution >= 4 is 15.9 Å². The van der Waals surface area contributed by atoms with Gasteiger partial charge in [0.1, 0.15) is 5.82 Å². The quantitative estimate of drug-likeness (QED) is 0.812. The molecule has 0 spiro atoms. The van der Waals surface area contributed by atoms with Crippen LogP contribution in [-0.2, 0) is 5.54 Å². The highest BCUT2D eigenvalue weighted by Crippen LogP contribution is 2.26. The maximum atomic E-state index is 13.8. The lowest BCUT2D eigenvalue weighted by Crippen LogP contribution is -2.38. The SMILES string of the molecule is CC(NC(C)(C)c1ccc(Br)cc1)c1ccccc1F. The Morgan fingerprint density at radius 2 is 1.65 bits per heavy atom. The van der Waals surface area contributed by atoms with Crippen molar-refractivity contribution in [3.05, 3.63) is 69.9 Å². The maximum absolute atomic E-state index is 13.8. The average Bonchev–Trinajstić information content (AvgIpc) is 2.39. The maximum Gasteiger partial charge on any atom is 0.127 e. The first-order chi connectivity index (χ1) is 9.40. The second-order valence-corrected chi connectivity index (χ2v) is 6.44. The van der Waals surface area contributed by atoms with Gasteiger partial charge in [-0.2, -0.15) is 0 Å². The molecule has 1 unspecified atom stereocenters. The molecule has 106 valence electrons.